The molecule has 2 rings (SSSR count). The molecule has 4 heteroatoms. The molecule has 1 aromatic carbocycles. The SMILES string of the molecule is Cc1ccc(F)c(C(CN)N(C)Cc2ccc(C)o2)c1. The fourth-order valence-electron chi connectivity index (χ4n) is 2.39. The van der Waals surface area contributed by atoms with Gasteiger partial charge in [-0.2, -0.15) is 0 Å². The molecule has 0 amide bonds. The first kappa shape index (κ1) is 14.8. The maximum atomic E-state index is 14.0. The molecule has 0 spiro atoms. The minimum atomic E-state index is -0.214. The van der Waals surface area contributed by atoms with E-state index < -0.39 is 0 Å². The summed E-state index contributed by atoms with van der Waals surface area (Å²) in [7, 11) is 1.93. The van der Waals surface area contributed by atoms with Crippen molar-refractivity contribution in [1.82, 2.24) is 4.90 Å². The minimum Gasteiger partial charge on any atom is -0.465 e. The van der Waals surface area contributed by atoms with Crippen molar-refractivity contribution in [2.24, 2.45) is 5.73 Å². The zero-order valence-electron chi connectivity index (χ0n) is 12.2. The van der Waals surface area contributed by atoms with Gasteiger partial charge in [0.2, 0.25) is 0 Å². The van der Waals surface area contributed by atoms with Gasteiger partial charge >= 0.3 is 0 Å². The molecule has 1 heterocycles. The first-order chi connectivity index (χ1) is 9.51. The van der Waals surface area contributed by atoms with Crippen molar-refractivity contribution in [1.29, 1.82) is 0 Å². The van der Waals surface area contributed by atoms with Crippen molar-refractivity contribution >= 4 is 0 Å². The highest BCUT2D eigenvalue weighted by molar-refractivity contribution is 5.27. The molecule has 0 radical (unpaired) electrons. The topological polar surface area (TPSA) is 42.4 Å². The molecule has 3 nitrogen and oxygen atoms in total. The number of hydrogen-bond donors (Lipinski definition) is 1. The van der Waals surface area contributed by atoms with E-state index in [2.05, 4.69) is 0 Å². The average molecular weight is 276 g/mol. The number of nitrogens with two attached hydrogens (primary N) is 1. The number of rotatable bonds is 5. The molecule has 1 unspecified atom stereocenters. The lowest BCUT2D eigenvalue weighted by molar-refractivity contribution is 0.217. The molecule has 0 aliphatic heterocycles. The minimum absolute atomic E-state index is 0.166. The lowest BCUT2D eigenvalue weighted by Crippen LogP contribution is -2.30. The second kappa shape index (κ2) is 6.20. The van der Waals surface area contributed by atoms with Gasteiger partial charge in [-0.3, -0.25) is 4.90 Å². The molecule has 2 aromatic rings. The predicted molar refractivity (Wildman–Crippen MR) is 77.8 cm³/mol. The predicted octanol–water partition coefficient (Wildman–Crippen LogP) is 3.17. The van der Waals surface area contributed by atoms with Gasteiger partial charge in [-0.15, -0.1) is 0 Å². The zero-order valence-corrected chi connectivity index (χ0v) is 12.2. The maximum absolute atomic E-state index is 14.0. The third-order valence-electron chi connectivity index (χ3n) is 3.47. The smallest absolute Gasteiger partial charge is 0.128 e. The lowest BCUT2D eigenvalue weighted by atomic mass is 10.0. The summed E-state index contributed by atoms with van der Waals surface area (Å²) >= 11 is 0. The van der Waals surface area contributed by atoms with Gasteiger partial charge < -0.3 is 10.2 Å². The highest BCUT2D eigenvalue weighted by Crippen LogP contribution is 2.24. The van der Waals surface area contributed by atoms with E-state index in [0.717, 1.165) is 17.1 Å². The summed E-state index contributed by atoms with van der Waals surface area (Å²) in [4.78, 5) is 2.01. The number of benzene rings is 1. The van der Waals surface area contributed by atoms with Crippen LogP contribution in [0.2, 0.25) is 0 Å². The fourth-order valence-corrected chi connectivity index (χ4v) is 2.39. The summed E-state index contributed by atoms with van der Waals surface area (Å²) in [5.41, 5.74) is 7.51. The van der Waals surface area contributed by atoms with Crippen LogP contribution in [0.4, 0.5) is 4.39 Å². The van der Waals surface area contributed by atoms with Crippen LogP contribution in [0.5, 0.6) is 0 Å². The van der Waals surface area contributed by atoms with Gasteiger partial charge in [-0.25, -0.2) is 4.39 Å². The first-order valence-corrected chi connectivity index (χ1v) is 6.73. The summed E-state index contributed by atoms with van der Waals surface area (Å²) < 4.78 is 19.6. The van der Waals surface area contributed by atoms with Crippen molar-refractivity contribution in [2.75, 3.05) is 13.6 Å². The second-order valence-electron chi connectivity index (χ2n) is 5.20. The standard InChI is InChI=1S/C16H21FN2O/c1-11-4-7-15(17)14(8-11)16(9-18)19(3)10-13-6-5-12(2)20-13/h4-8,16H,9-10,18H2,1-3H3. The van der Waals surface area contributed by atoms with E-state index >= 15 is 0 Å². The van der Waals surface area contributed by atoms with Gasteiger partial charge in [0, 0.05) is 12.1 Å². The molecule has 0 aliphatic carbocycles. The molecule has 20 heavy (non-hydrogen) atoms. The number of halogens is 1. The van der Waals surface area contributed by atoms with Crippen LogP contribution in [0.3, 0.4) is 0 Å². The van der Waals surface area contributed by atoms with Crippen molar-refractivity contribution in [3.8, 4) is 0 Å². The van der Waals surface area contributed by atoms with Gasteiger partial charge in [-0.05, 0) is 39.1 Å². The monoisotopic (exact) mass is 276 g/mol. The van der Waals surface area contributed by atoms with Gasteiger partial charge in [0.25, 0.3) is 0 Å². The summed E-state index contributed by atoms with van der Waals surface area (Å²) in [5, 5.41) is 0. The Kier molecular flexibility index (Phi) is 4.57. The molecular formula is C16H21FN2O. The molecule has 1 aromatic heterocycles. The Hall–Kier alpha value is -1.65. The highest BCUT2D eigenvalue weighted by atomic mass is 19.1. The largest absolute Gasteiger partial charge is 0.465 e. The zero-order chi connectivity index (χ0) is 14.7. The normalized spacial score (nSPS) is 12.9. The maximum Gasteiger partial charge on any atom is 0.128 e. The lowest BCUT2D eigenvalue weighted by Gasteiger charge is -2.27. The number of aryl methyl sites for hydroxylation is 2. The number of hydrogen-bond acceptors (Lipinski definition) is 3. The van der Waals surface area contributed by atoms with E-state index in [9.17, 15) is 4.39 Å². The average Bonchev–Trinajstić information content (AvgIpc) is 2.80. The van der Waals surface area contributed by atoms with Crippen LogP contribution in [0.15, 0.2) is 34.7 Å². The van der Waals surface area contributed by atoms with E-state index in [1.54, 1.807) is 6.07 Å². The third kappa shape index (κ3) is 3.26. The van der Waals surface area contributed by atoms with Gasteiger partial charge in [0.15, 0.2) is 0 Å². The van der Waals surface area contributed by atoms with Crippen molar-refractivity contribution in [2.45, 2.75) is 26.4 Å². The van der Waals surface area contributed by atoms with Crippen molar-refractivity contribution < 1.29 is 8.81 Å². The van der Waals surface area contributed by atoms with E-state index in [-0.39, 0.29) is 11.9 Å². The molecule has 2 N–H and O–H groups in total. The number of furan rings is 1. The Bertz CT molecular complexity index is 580. The molecule has 1 atom stereocenters. The molecule has 0 fully saturated rings. The molecule has 0 saturated heterocycles. The summed E-state index contributed by atoms with van der Waals surface area (Å²) in [6, 6.07) is 8.82. The second-order valence-corrected chi connectivity index (χ2v) is 5.20. The van der Waals surface area contributed by atoms with Crippen LogP contribution in [0.25, 0.3) is 0 Å². The van der Waals surface area contributed by atoms with Gasteiger partial charge in [0.05, 0.1) is 12.6 Å². The van der Waals surface area contributed by atoms with Crippen LogP contribution in [0.1, 0.15) is 28.7 Å². The Morgan fingerprint density at radius 1 is 1.25 bits per heavy atom. The Morgan fingerprint density at radius 3 is 2.60 bits per heavy atom. The number of likely N-dealkylation sites (N-methyl/N-ethyl adjacent to an activating group) is 1. The molecule has 0 saturated carbocycles. The van der Waals surface area contributed by atoms with Crippen LogP contribution in [-0.2, 0) is 6.54 Å². The molecule has 108 valence electrons. The summed E-state index contributed by atoms with van der Waals surface area (Å²) in [5.74, 6) is 1.52. The summed E-state index contributed by atoms with van der Waals surface area (Å²) in [6.45, 7) is 4.82. The van der Waals surface area contributed by atoms with E-state index in [0.29, 0.717) is 18.7 Å². The molecular weight excluding hydrogens is 255 g/mol. The first-order valence-electron chi connectivity index (χ1n) is 6.73. The van der Waals surface area contributed by atoms with Crippen LogP contribution < -0.4 is 5.73 Å². The van der Waals surface area contributed by atoms with E-state index in [4.69, 9.17) is 10.2 Å². The Labute approximate surface area is 119 Å². The van der Waals surface area contributed by atoms with Crippen molar-refractivity contribution in [3.63, 3.8) is 0 Å². The molecule has 0 aliphatic rings. The highest BCUT2D eigenvalue weighted by Gasteiger charge is 2.20. The van der Waals surface area contributed by atoms with Gasteiger partial charge in [0.1, 0.15) is 17.3 Å². The fraction of sp³-hybridized carbons (Fsp3) is 0.375. The van der Waals surface area contributed by atoms with Gasteiger partial charge in [-0.1, -0.05) is 17.7 Å². The van der Waals surface area contributed by atoms with Crippen LogP contribution in [-0.4, -0.2) is 18.5 Å². The van der Waals surface area contributed by atoms with E-state index in [1.165, 1.54) is 6.07 Å². The van der Waals surface area contributed by atoms with Crippen LogP contribution in [0, 0.1) is 19.7 Å². The quantitative estimate of drug-likeness (QED) is 0.912. The number of nitrogens with zero attached hydrogens (tertiary/aromatic N) is 1. The molecule has 0 bridgehead atoms. The third-order valence-corrected chi connectivity index (χ3v) is 3.47. The summed E-state index contributed by atoms with van der Waals surface area (Å²) in [6.07, 6.45) is 0. The Balaban J connectivity index is 2.20. The van der Waals surface area contributed by atoms with Crippen molar-refractivity contribution in [3.05, 3.63) is 58.8 Å². The van der Waals surface area contributed by atoms with E-state index in [1.807, 2.05) is 44.0 Å². The van der Waals surface area contributed by atoms with Crippen LogP contribution >= 0.6 is 0 Å². The Morgan fingerprint density at radius 2 is 2.00 bits per heavy atom.